The molecule has 7 N–H and O–H groups in total. The number of ether oxygens (including phenoxy) is 1. The zero-order chi connectivity index (χ0) is 32.2. The van der Waals surface area contributed by atoms with E-state index in [2.05, 4.69) is 5.32 Å². The molecule has 1 heterocycles. The molecule has 0 bridgehead atoms. The maximum Gasteiger partial charge on any atom is 0.247 e. The van der Waals surface area contributed by atoms with E-state index in [0.717, 1.165) is 11.3 Å². The van der Waals surface area contributed by atoms with Gasteiger partial charge in [-0.05, 0) is 69.1 Å². The van der Waals surface area contributed by atoms with Gasteiger partial charge in [-0.1, -0.05) is 12.1 Å². The second-order valence-electron chi connectivity index (χ2n) is 12.3. The third-order valence-electron chi connectivity index (χ3n) is 9.14. The van der Waals surface area contributed by atoms with E-state index < -0.39 is 47.2 Å². The van der Waals surface area contributed by atoms with Crippen LogP contribution < -0.4 is 16.0 Å². The number of ketones is 1. The summed E-state index contributed by atoms with van der Waals surface area (Å²) in [4.78, 5) is 29.6. The number of nitrogens with two attached hydrogens (primary N) is 1. The monoisotopic (exact) mass is 610 g/mol. The first-order valence-corrected chi connectivity index (χ1v) is 14.4. The number of benzene rings is 2. The van der Waals surface area contributed by atoms with Crippen LogP contribution in [0.5, 0.6) is 5.75 Å². The van der Waals surface area contributed by atoms with Gasteiger partial charge < -0.3 is 41.1 Å². The molecule has 0 radical (unpaired) electrons. The van der Waals surface area contributed by atoms with Crippen LogP contribution in [-0.4, -0.2) is 83.1 Å². The summed E-state index contributed by atoms with van der Waals surface area (Å²) in [5.74, 6) is -3.96. The third-order valence-corrected chi connectivity index (χ3v) is 9.14. The largest absolute Gasteiger partial charge is 0.510 e. The molecule has 5 rings (SSSR count). The molecule has 2 aromatic carbocycles. The summed E-state index contributed by atoms with van der Waals surface area (Å²) in [5, 5.41) is 48.1. The van der Waals surface area contributed by atoms with Gasteiger partial charge in [-0.25, -0.2) is 4.39 Å². The molecule has 0 aromatic heterocycles. The summed E-state index contributed by atoms with van der Waals surface area (Å²) in [5.41, 5.74) is 6.48. The average molecular weight is 611 g/mol. The summed E-state index contributed by atoms with van der Waals surface area (Å²) in [6, 6.07) is 6.99. The molecule has 1 fully saturated rings. The molecule has 1 spiro atoms. The number of phenolic OH excluding ortho intramolecular Hbond substituents is 1. The number of aliphatic hydroxyl groups is 3. The number of likely N-dealkylation sites (N-methyl/N-ethyl adjacent to an activating group) is 1. The van der Waals surface area contributed by atoms with Crippen molar-refractivity contribution in [3.63, 3.8) is 0 Å². The summed E-state index contributed by atoms with van der Waals surface area (Å²) < 4.78 is 18.9. The number of epoxide rings is 1. The van der Waals surface area contributed by atoms with Gasteiger partial charge >= 0.3 is 0 Å². The van der Waals surface area contributed by atoms with Crippen molar-refractivity contribution < 1.29 is 39.1 Å². The number of Topliss-reactive ketones (excluding diaryl/α,β-unsaturated/α-hetero) is 1. The van der Waals surface area contributed by atoms with E-state index in [-0.39, 0.29) is 53.4 Å². The van der Waals surface area contributed by atoms with Crippen LogP contribution in [0, 0.1) is 17.7 Å². The molecule has 3 aliphatic rings. The number of amides is 1. The highest BCUT2D eigenvalue weighted by Gasteiger charge is 2.70. The Morgan fingerprint density at radius 1 is 1.18 bits per heavy atom. The fourth-order valence-corrected chi connectivity index (χ4v) is 6.82. The number of hydrogen-bond acceptors (Lipinski definition) is 10. The van der Waals surface area contributed by atoms with Crippen molar-refractivity contribution in [1.82, 2.24) is 10.2 Å². The maximum absolute atomic E-state index is 14.2. The lowest BCUT2D eigenvalue weighted by molar-refractivity contribution is -0.114. The number of nitrogens with zero attached hydrogens (tertiary/aromatic N) is 2. The summed E-state index contributed by atoms with van der Waals surface area (Å²) >= 11 is 0. The van der Waals surface area contributed by atoms with E-state index in [0.29, 0.717) is 17.7 Å². The minimum absolute atomic E-state index is 0.0503. The van der Waals surface area contributed by atoms with Gasteiger partial charge in [0.15, 0.2) is 17.7 Å². The topological polar surface area (TPSA) is 172 Å². The standard InChI is InChI=1S/C32H39FN4O7/c1-15(30(34)42)26(38)25(37(4)5)21-11-17-10-20-22(36(2)3)12-18(14-35-13-16-6-8-19(33)9-7-16)27(39)24(20)28(40)23(17)29(41)32(21)31(43)44-32/h6-9,12,17,21,25,31,35,38-39,41,43H,10-11,13-14H2,1-5H3,(H2,34,42)/b26-15-/t17-,21?,25-,31?,32-/m0/s1. The Bertz CT molecular complexity index is 1570. The van der Waals surface area contributed by atoms with E-state index in [1.807, 2.05) is 25.1 Å². The van der Waals surface area contributed by atoms with Crippen LogP contribution in [0.4, 0.5) is 10.1 Å². The normalized spacial score (nSPS) is 25.5. The molecule has 2 unspecified atom stereocenters. The summed E-state index contributed by atoms with van der Waals surface area (Å²) in [7, 11) is 7.03. The number of aliphatic hydroxyl groups excluding tert-OH is 3. The van der Waals surface area contributed by atoms with Gasteiger partial charge in [-0.2, -0.15) is 0 Å². The lowest BCUT2D eigenvalue weighted by Crippen LogP contribution is -2.51. The average Bonchev–Trinajstić information content (AvgIpc) is 3.63. The van der Waals surface area contributed by atoms with Crippen LogP contribution in [0.3, 0.4) is 0 Å². The molecule has 1 saturated heterocycles. The number of carbonyl (C=O) groups is 2. The summed E-state index contributed by atoms with van der Waals surface area (Å²) in [6.45, 7) is 2.01. The number of halogens is 1. The summed E-state index contributed by atoms with van der Waals surface area (Å²) in [6.07, 6.45) is -0.950. The maximum atomic E-state index is 14.2. The molecule has 0 saturated carbocycles. The van der Waals surface area contributed by atoms with Gasteiger partial charge in [0.05, 0.1) is 17.2 Å². The SMILES string of the molecule is C/C(C(N)=O)=C(/O)[C@H](C1C[C@@H]2Cc3c(N(C)C)cc(CNCc4ccc(F)cc4)c(O)c3C(=O)C2=C(O)[C@@]12OC2O)N(C)C. The van der Waals surface area contributed by atoms with Crippen molar-refractivity contribution in [1.29, 1.82) is 0 Å². The van der Waals surface area contributed by atoms with E-state index in [4.69, 9.17) is 10.5 Å². The van der Waals surface area contributed by atoms with E-state index in [1.165, 1.54) is 19.1 Å². The van der Waals surface area contributed by atoms with Crippen LogP contribution in [0.2, 0.25) is 0 Å². The Hall–Kier alpha value is -3.97. The van der Waals surface area contributed by atoms with Crippen LogP contribution in [0.25, 0.3) is 0 Å². The molecular formula is C32H39FN4O7. The van der Waals surface area contributed by atoms with Crippen molar-refractivity contribution in [2.45, 2.75) is 50.8 Å². The molecule has 5 atom stereocenters. The fourth-order valence-electron chi connectivity index (χ4n) is 6.82. The van der Waals surface area contributed by atoms with Gasteiger partial charge in [0.2, 0.25) is 5.91 Å². The lowest BCUT2D eigenvalue weighted by Gasteiger charge is -2.43. The fraction of sp³-hybridized carbons (Fsp3) is 0.438. The smallest absolute Gasteiger partial charge is 0.247 e. The van der Waals surface area contributed by atoms with Crippen LogP contribution in [0.1, 0.15) is 40.4 Å². The van der Waals surface area contributed by atoms with Gasteiger partial charge in [0, 0.05) is 49.9 Å². The van der Waals surface area contributed by atoms with Crippen LogP contribution in [0.15, 0.2) is 53.0 Å². The molecule has 1 amide bonds. The number of primary amides is 1. The molecule has 2 aromatic rings. The Morgan fingerprint density at radius 3 is 2.36 bits per heavy atom. The van der Waals surface area contributed by atoms with E-state index in [1.54, 1.807) is 31.1 Å². The number of fused-ring (bicyclic) bond motifs is 2. The number of phenols is 1. The molecule has 2 aliphatic carbocycles. The van der Waals surface area contributed by atoms with Gasteiger partial charge in [0.1, 0.15) is 23.1 Å². The first-order valence-electron chi connectivity index (χ1n) is 14.4. The number of aromatic hydroxyl groups is 1. The number of hydrogen-bond donors (Lipinski definition) is 6. The zero-order valence-electron chi connectivity index (χ0n) is 25.4. The highest BCUT2D eigenvalue weighted by atomic mass is 19.1. The van der Waals surface area contributed by atoms with E-state index >= 15 is 0 Å². The second-order valence-corrected chi connectivity index (χ2v) is 12.3. The van der Waals surface area contributed by atoms with Gasteiger partial charge in [-0.15, -0.1) is 0 Å². The predicted octanol–water partition coefficient (Wildman–Crippen LogP) is 2.41. The quantitative estimate of drug-likeness (QED) is 0.141. The first-order chi connectivity index (χ1) is 20.7. The van der Waals surface area contributed by atoms with Crippen LogP contribution in [-0.2, 0) is 29.0 Å². The van der Waals surface area contributed by atoms with Crippen molar-refractivity contribution in [3.05, 3.63) is 81.1 Å². The molecular weight excluding hydrogens is 571 g/mol. The van der Waals surface area contributed by atoms with E-state index in [9.17, 15) is 34.4 Å². The predicted molar refractivity (Wildman–Crippen MR) is 160 cm³/mol. The Kier molecular flexibility index (Phi) is 8.23. The third kappa shape index (κ3) is 5.11. The van der Waals surface area contributed by atoms with Gasteiger partial charge in [-0.3, -0.25) is 14.5 Å². The number of nitrogens with one attached hydrogen (secondary N) is 1. The molecule has 236 valence electrons. The number of rotatable bonds is 9. The van der Waals surface area contributed by atoms with Crippen molar-refractivity contribution in [2.75, 3.05) is 33.1 Å². The molecule has 11 nitrogen and oxygen atoms in total. The zero-order valence-corrected chi connectivity index (χ0v) is 25.4. The van der Waals surface area contributed by atoms with Gasteiger partial charge in [0.25, 0.3) is 0 Å². The minimum atomic E-state index is -1.69. The van der Waals surface area contributed by atoms with Crippen molar-refractivity contribution >= 4 is 17.4 Å². The molecule has 12 heteroatoms. The Morgan fingerprint density at radius 2 is 1.82 bits per heavy atom. The minimum Gasteiger partial charge on any atom is -0.510 e. The van der Waals surface area contributed by atoms with Crippen molar-refractivity contribution in [3.8, 4) is 5.75 Å². The second kappa shape index (κ2) is 11.5. The number of allylic oxidation sites excluding steroid dienone is 1. The highest BCUT2D eigenvalue weighted by molar-refractivity contribution is 6.14. The number of anilines is 1. The molecule has 44 heavy (non-hydrogen) atoms. The Labute approximate surface area is 255 Å². The first kappa shape index (κ1) is 31.5. The van der Waals surface area contributed by atoms with Crippen LogP contribution >= 0.6 is 0 Å². The lowest BCUT2D eigenvalue weighted by atomic mass is 9.63. The highest BCUT2D eigenvalue weighted by Crippen LogP contribution is 2.59. The Balaban J connectivity index is 1.55. The number of carbonyl (C=O) groups excluding carboxylic acids is 2. The molecule has 1 aliphatic heterocycles. The van der Waals surface area contributed by atoms with Crippen molar-refractivity contribution in [2.24, 2.45) is 17.6 Å².